The van der Waals surface area contributed by atoms with Crippen molar-refractivity contribution < 1.29 is 26.3 Å². The molecule has 2 heterocycles. The number of benzene rings is 1. The topological polar surface area (TPSA) is 61.4 Å². The normalized spacial score (nSPS) is 14.7. The maximum Gasteiger partial charge on any atom is 0.416 e. The van der Waals surface area contributed by atoms with Gasteiger partial charge in [0, 0.05) is 12.8 Å². The van der Waals surface area contributed by atoms with Gasteiger partial charge in [-0.1, -0.05) is 29.6 Å². The number of rotatable bonds is 2. The van der Waals surface area contributed by atoms with Crippen LogP contribution in [0, 0.1) is 0 Å². The zero-order valence-corrected chi connectivity index (χ0v) is 15.5. The van der Waals surface area contributed by atoms with Crippen LogP contribution in [-0.2, 0) is 18.1 Å². The summed E-state index contributed by atoms with van der Waals surface area (Å²) in [6, 6.07) is 1.52. The van der Waals surface area contributed by atoms with Gasteiger partial charge in [-0.3, -0.25) is 9.80 Å². The third-order valence-corrected chi connectivity index (χ3v) is 5.90. The summed E-state index contributed by atoms with van der Waals surface area (Å²) in [5, 5.41) is 11.4. The molecule has 0 amide bonds. The standard InChI is InChI=1S/C15H10F6N4OS2/c1-25-10-5-22-23-12(26)11(10)28-13(24-25)27-6-7-2-3-8(14(16,17)18)4-9(7)15(19,20)21/h2-5H,6H2,1H3,(H,23,26). The second kappa shape index (κ2) is 7.35. The molecule has 0 unspecified atom stereocenters. The highest BCUT2D eigenvalue weighted by Crippen LogP contribution is 2.40. The highest BCUT2D eigenvalue weighted by molar-refractivity contribution is 8.38. The number of anilines is 1. The molecule has 0 saturated heterocycles. The molecule has 0 saturated carbocycles. The average molecular weight is 440 g/mol. The number of aromatic amines is 1. The number of fused-ring (bicyclic) bond motifs is 1. The Bertz CT molecular complexity index is 986. The molecule has 0 fully saturated rings. The lowest BCUT2D eigenvalue weighted by atomic mass is 10.0. The van der Waals surface area contributed by atoms with Crippen LogP contribution in [0.4, 0.5) is 32.0 Å². The Labute approximate surface area is 162 Å². The number of alkyl halides is 6. The summed E-state index contributed by atoms with van der Waals surface area (Å²) >= 11 is 1.84. The number of H-pyrrole nitrogens is 1. The Morgan fingerprint density at radius 1 is 1.18 bits per heavy atom. The van der Waals surface area contributed by atoms with E-state index in [1.165, 1.54) is 11.2 Å². The minimum Gasteiger partial charge on any atom is -0.267 e. The largest absolute Gasteiger partial charge is 0.416 e. The molecular formula is C15H10F6N4OS2. The van der Waals surface area contributed by atoms with Gasteiger partial charge in [-0.05, 0) is 17.7 Å². The lowest BCUT2D eigenvalue weighted by molar-refractivity contribution is -0.143. The Morgan fingerprint density at radius 3 is 2.54 bits per heavy atom. The summed E-state index contributed by atoms with van der Waals surface area (Å²) in [7, 11) is 1.54. The van der Waals surface area contributed by atoms with E-state index in [0.717, 1.165) is 29.6 Å². The van der Waals surface area contributed by atoms with Crippen molar-refractivity contribution in [3.63, 3.8) is 0 Å². The van der Waals surface area contributed by atoms with Crippen LogP contribution in [0.1, 0.15) is 16.7 Å². The van der Waals surface area contributed by atoms with Crippen LogP contribution in [0.3, 0.4) is 0 Å². The number of hydrazone groups is 1. The molecule has 28 heavy (non-hydrogen) atoms. The van der Waals surface area contributed by atoms with Gasteiger partial charge in [0.2, 0.25) is 0 Å². The third kappa shape index (κ3) is 4.29. The lowest BCUT2D eigenvalue weighted by Crippen LogP contribution is -2.22. The van der Waals surface area contributed by atoms with Gasteiger partial charge < -0.3 is 0 Å². The molecule has 1 aromatic heterocycles. The number of nitrogens with one attached hydrogen (secondary N) is 1. The molecule has 0 atom stereocenters. The van der Waals surface area contributed by atoms with Crippen molar-refractivity contribution in [1.29, 1.82) is 0 Å². The first kappa shape index (κ1) is 20.6. The Morgan fingerprint density at radius 2 is 1.89 bits per heavy atom. The second-order valence-electron chi connectivity index (χ2n) is 5.56. The van der Waals surface area contributed by atoms with Crippen molar-refractivity contribution in [3.8, 4) is 0 Å². The predicted molar refractivity (Wildman–Crippen MR) is 94.3 cm³/mol. The van der Waals surface area contributed by atoms with E-state index in [1.807, 2.05) is 0 Å². The van der Waals surface area contributed by atoms with E-state index in [2.05, 4.69) is 15.3 Å². The van der Waals surface area contributed by atoms with Crippen LogP contribution >= 0.6 is 23.5 Å². The zero-order chi connectivity index (χ0) is 20.7. The lowest BCUT2D eigenvalue weighted by Gasteiger charge is -2.22. The van der Waals surface area contributed by atoms with Gasteiger partial charge in [-0.25, -0.2) is 5.10 Å². The number of hydrogen-bond acceptors (Lipinski definition) is 6. The fourth-order valence-electron chi connectivity index (χ4n) is 2.33. The minimum absolute atomic E-state index is 0.101. The van der Waals surface area contributed by atoms with Gasteiger partial charge in [0.05, 0.1) is 23.0 Å². The molecule has 150 valence electrons. The Balaban J connectivity index is 1.85. The first-order chi connectivity index (χ1) is 13.0. The summed E-state index contributed by atoms with van der Waals surface area (Å²) in [4.78, 5) is 12.1. The summed E-state index contributed by atoms with van der Waals surface area (Å²) in [5.41, 5.74) is -3.08. The van der Waals surface area contributed by atoms with Gasteiger partial charge in [-0.2, -0.15) is 36.5 Å². The molecule has 3 rings (SSSR count). The fourth-order valence-corrected chi connectivity index (χ4v) is 4.47. The minimum atomic E-state index is -4.94. The SMILES string of the molecule is CN1N=C(SCc2ccc(C(F)(F)F)cc2C(F)(F)F)Sc2c1cn[nH]c2=O. The van der Waals surface area contributed by atoms with Gasteiger partial charge in [0.1, 0.15) is 4.90 Å². The van der Waals surface area contributed by atoms with Crippen LogP contribution in [0.5, 0.6) is 0 Å². The molecule has 5 nitrogen and oxygen atoms in total. The Kier molecular flexibility index (Phi) is 5.40. The smallest absolute Gasteiger partial charge is 0.267 e. The highest BCUT2D eigenvalue weighted by Gasteiger charge is 2.38. The van der Waals surface area contributed by atoms with Crippen LogP contribution in [0.15, 0.2) is 39.2 Å². The number of halogens is 6. The predicted octanol–water partition coefficient (Wildman–Crippen LogP) is 4.55. The van der Waals surface area contributed by atoms with Crippen LogP contribution in [0.25, 0.3) is 0 Å². The van der Waals surface area contributed by atoms with Crippen molar-refractivity contribution in [3.05, 3.63) is 51.4 Å². The van der Waals surface area contributed by atoms with E-state index >= 15 is 0 Å². The van der Waals surface area contributed by atoms with E-state index in [0.29, 0.717) is 11.8 Å². The van der Waals surface area contributed by atoms with E-state index in [-0.39, 0.29) is 26.7 Å². The highest BCUT2D eigenvalue weighted by atomic mass is 32.2. The average Bonchev–Trinajstić information content (AvgIpc) is 2.59. The molecule has 0 radical (unpaired) electrons. The molecule has 2 aromatic rings. The molecule has 13 heteroatoms. The molecule has 1 N–H and O–H groups in total. The van der Waals surface area contributed by atoms with E-state index in [4.69, 9.17) is 0 Å². The van der Waals surface area contributed by atoms with Crippen LogP contribution < -0.4 is 10.6 Å². The summed E-state index contributed by atoms with van der Waals surface area (Å²) in [6.45, 7) is 0. The molecular weight excluding hydrogens is 430 g/mol. The van der Waals surface area contributed by atoms with Crippen molar-refractivity contribution in [2.45, 2.75) is 23.0 Å². The van der Waals surface area contributed by atoms with Crippen molar-refractivity contribution in [2.75, 3.05) is 12.1 Å². The summed E-state index contributed by atoms with van der Waals surface area (Å²) in [5.74, 6) is -0.273. The summed E-state index contributed by atoms with van der Waals surface area (Å²) in [6.07, 6.45) is -8.44. The van der Waals surface area contributed by atoms with E-state index < -0.39 is 29.0 Å². The first-order valence-corrected chi connectivity index (χ1v) is 9.25. The van der Waals surface area contributed by atoms with Gasteiger partial charge in [-0.15, -0.1) is 0 Å². The molecule has 1 aliphatic rings. The van der Waals surface area contributed by atoms with Crippen LogP contribution in [0.2, 0.25) is 0 Å². The summed E-state index contributed by atoms with van der Waals surface area (Å²) < 4.78 is 78.2. The first-order valence-electron chi connectivity index (χ1n) is 7.45. The number of thioether (sulfide) groups is 2. The van der Waals surface area contributed by atoms with Crippen molar-refractivity contribution >= 4 is 33.6 Å². The maximum absolute atomic E-state index is 13.2. The van der Waals surface area contributed by atoms with Gasteiger partial charge in [0.15, 0.2) is 4.38 Å². The second-order valence-corrected chi connectivity index (χ2v) is 7.78. The van der Waals surface area contributed by atoms with E-state index in [9.17, 15) is 31.1 Å². The monoisotopic (exact) mass is 440 g/mol. The van der Waals surface area contributed by atoms with Crippen molar-refractivity contribution in [1.82, 2.24) is 10.2 Å². The van der Waals surface area contributed by atoms with E-state index in [1.54, 1.807) is 7.05 Å². The zero-order valence-electron chi connectivity index (χ0n) is 13.9. The van der Waals surface area contributed by atoms with Crippen LogP contribution in [-0.4, -0.2) is 21.6 Å². The number of nitrogens with zero attached hydrogens (tertiary/aromatic N) is 3. The quantitative estimate of drug-likeness (QED) is 0.695. The fraction of sp³-hybridized carbons (Fsp3) is 0.267. The molecule has 1 aliphatic heterocycles. The van der Waals surface area contributed by atoms with Gasteiger partial charge >= 0.3 is 12.4 Å². The molecule has 0 bridgehead atoms. The molecule has 1 aromatic carbocycles. The van der Waals surface area contributed by atoms with Crippen molar-refractivity contribution in [2.24, 2.45) is 5.10 Å². The molecule has 0 aliphatic carbocycles. The third-order valence-electron chi connectivity index (χ3n) is 3.66. The Hall–Kier alpha value is -2.15. The number of aromatic nitrogens is 2. The maximum atomic E-state index is 13.2. The molecule has 0 spiro atoms. The number of hydrogen-bond donors (Lipinski definition) is 1. The van der Waals surface area contributed by atoms with Gasteiger partial charge in [0.25, 0.3) is 5.56 Å².